The van der Waals surface area contributed by atoms with Crippen molar-refractivity contribution in [1.82, 2.24) is 10.2 Å². The molecular formula is C31H28F2N2O7. The summed E-state index contributed by atoms with van der Waals surface area (Å²) >= 11 is 0. The second kappa shape index (κ2) is 12.0. The third-order valence-corrected chi connectivity index (χ3v) is 7.47. The van der Waals surface area contributed by atoms with Gasteiger partial charge in [0.15, 0.2) is 0 Å². The van der Waals surface area contributed by atoms with Gasteiger partial charge < -0.3 is 24.8 Å². The van der Waals surface area contributed by atoms with E-state index in [2.05, 4.69) is 5.32 Å². The number of esters is 1. The van der Waals surface area contributed by atoms with Crippen LogP contribution in [-0.4, -0.2) is 65.6 Å². The van der Waals surface area contributed by atoms with Crippen molar-refractivity contribution in [1.29, 1.82) is 0 Å². The number of alkyl halides is 2. The molecule has 2 atom stereocenters. The van der Waals surface area contributed by atoms with Gasteiger partial charge in [0, 0.05) is 12.5 Å². The quantitative estimate of drug-likeness (QED) is 0.365. The Morgan fingerprint density at radius 1 is 0.905 bits per heavy atom. The number of carboxylic acids is 1. The highest BCUT2D eigenvalue weighted by Crippen LogP contribution is 2.44. The van der Waals surface area contributed by atoms with Crippen molar-refractivity contribution >= 4 is 23.9 Å². The summed E-state index contributed by atoms with van der Waals surface area (Å²) in [6.07, 6.45) is -1.71. The summed E-state index contributed by atoms with van der Waals surface area (Å²) in [7, 11) is 0. The molecule has 0 saturated carbocycles. The first-order valence-electron chi connectivity index (χ1n) is 13.3. The Labute approximate surface area is 240 Å². The third kappa shape index (κ3) is 6.09. The lowest BCUT2D eigenvalue weighted by Crippen LogP contribution is -2.49. The fourth-order valence-electron chi connectivity index (χ4n) is 5.38. The monoisotopic (exact) mass is 578 g/mol. The number of hydrogen-bond acceptors (Lipinski definition) is 6. The maximum atomic E-state index is 14.3. The van der Waals surface area contributed by atoms with Crippen LogP contribution in [0.5, 0.6) is 0 Å². The minimum absolute atomic E-state index is 0.0813. The normalized spacial score (nSPS) is 17.6. The molecule has 2 aliphatic rings. The van der Waals surface area contributed by atoms with Crippen molar-refractivity contribution in [2.75, 3.05) is 19.7 Å². The number of halogens is 2. The van der Waals surface area contributed by atoms with Crippen LogP contribution in [0, 0.1) is 5.92 Å². The minimum Gasteiger partial charge on any atom is -0.481 e. The lowest BCUT2D eigenvalue weighted by Gasteiger charge is -2.24. The van der Waals surface area contributed by atoms with E-state index in [0.717, 1.165) is 22.3 Å². The number of carbonyl (C=O) groups excluding carboxylic acids is 3. The highest BCUT2D eigenvalue weighted by atomic mass is 19.3. The number of amides is 2. The lowest BCUT2D eigenvalue weighted by molar-refractivity contribution is -0.151. The Kier molecular flexibility index (Phi) is 8.19. The summed E-state index contributed by atoms with van der Waals surface area (Å²) in [5.41, 5.74) is 4.63. The van der Waals surface area contributed by atoms with Gasteiger partial charge in [0.25, 0.3) is 5.92 Å². The standard InChI is InChI=1S/C31H28F2N2O7/c32-31(33)18-35(15-25(31)29(38)39)28(37)26(14-27(36)41-16-19-8-2-1-3-9-19)34-30(40)42-17-24-22-12-6-4-10-20(22)21-11-5-7-13-23(21)24/h1-13,24-26H,14-18H2,(H,34,40)(H,38,39)/t25?,26-/m0/s1. The molecule has 42 heavy (non-hydrogen) atoms. The Morgan fingerprint density at radius 3 is 2.10 bits per heavy atom. The van der Waals surface area contributed by atoms with Crippen LogP contribution in [0.1, 0.15) is 29.0 Å². The number of hydrogen-bond donors (Lipinski definition) is 2. The van der Waals surface area contributed by atoms with E-state index in [1.165, 1.54) is 0 Å². The number of carboxylic acid groups (broad SMARTS) is 1. The van der Waals surface area contributed by atoms with Gasteiger partial charge in [0.2, 0.25) is 5.91 Å². The fourth-order valence-corrected chi connectivity index (χ4v) is 5.38. The first-order chi connectivity index (χ1) is 20.1. The van der Waals surface area contributed by atoms with Gasteiger partial charge in [0.05, 0.1) is 13.0 Å². The molecular weight excluding hydrogens is 550 g/mol. The Balaban J connectivity index is 1.28. The van der Waals surface area contributed by atoms with Gasteiger partial charge in [-0.3, -0.25) is 14.4 Å². The molecule has 9 nitrogen and oxygen atoms in total. The van der Waals surface area contributed by atoms with E-state index in [1.807, 2.05) is 48.5 Å². The second-order valence-corrected chi connectivity index (χ2v) is 10.2. The predicted octanol–water partition coefficient (Wildman–Crippen LogP) is 4.21. The van der Waals surface area contributed by atoms with E-state index >= 15 is 0 Å². The van der Waals surface area contributed by atoms with Crippen LogP contribution >= 0.6 is 0 Å². The number of likely N-dealkylation sites (tertiary alicyclic amines) is 1. The van der Waals surface area contributed by atoms with Crippen LogP contribution in [-0.2, 0) is 30.5 Å². The molecule has 11 heteroatoms. The smallest absolute Gasteiger partial charge is 0.407 e. The van der Waals surface area contributed by atoms with Crippen molar-refractivity contribution in [2.24, 2.45) is 5.92 Å². The van der Waals surface area contributed by atoms with E-state index in [4.69, 9.17) is 9.47 Å². The molecule has 1 aliphatic carbocycles. The SMILES string of the molecule is O=C(C[C@H](NC(=O)OCC1c2ccccc2-c2ccccc21)C(=O)N1CC(C(=O)O)C(F)(F)C1)OCc1ccccc1. The van der Waals surface area contributed by atoms with Crippen molar-refractivity contribution in [2.45, 2.75) is 30.9 Å². The van der Waals surface area contributed by atoms with Gasteiger partial charge in [-0.2, -0.15) is 0 Å². The summed E-state index contributed by atoms with van der Waals surface area (Å²) in [5.74, 6) is -9.72. The number of ether oxygens (including phenoxy) is 2. The molecule has 1 fully saturated rings. The highest BCUT2D eigenvalue weighted by molar-refractivity contribution is 5.90. The van der Waals surface area contributed by atoms with E-state index in [9.17, 15) is 33.1 Å². The zero-order chi connectivity index (χ0) is 29.9. The first-order valence-corrected chi connectivity index (χ1v) is 13.3. The lowest BCUT2D eigenvalue weighted by atomic mass is 9.98. The maximum absolute atomic E-state index is 14.3. The number of nitrogens with zero attached hydrogens (tertiary/aromatic N) is 1. The average molecular weight is 579 g/mol. The van der Waals surface area contributed by atoms with Gasteiger partial charge in [-0.1, -0.05) is 78.9 Å². The van der Waals surface area contributed by atoms with Gasteiger partial charge in [-0.05, 0) is 27.8 Å². The van der Waals surface area contributed by atoms with Gasteiger partial charge in [-0.15, -0.1) is 0 Å². The average Bonchev–Trinajstić information content (AvgIpc) is 3.48. The van der Waals surface area contributed by atoms with Crippen LogP contribution in [0.25, 0.3) is 11.1 Å². The minimum atomic E-state index is -3.68. The van der Waals surface area contributed by atoms with Gasteiger partial charge in [-0.25, -0.2) is 13.6 Å². The van der Waals surface area contributed by atoms with Crippen LogP contribution in [0.4, 0.5) is 13.6 Å². The van der Waals surface area contributed by atoms with E-state index < -0.39 is 61.3 Å². The topological polar surface area (TPSA) is 122 Å². The number of carbonyl (C=O) groups is 4. The van der Waals surface area contributed by atoms with Crippen LogP contribution < -0.4 is 5.32 Å². The summed E-state index contributed by atoms with van der Waals surface area (Å²) in [5, 5.41) is 11.5. The number of nitrogens with one attached hydrogen (secondary N) is 1. The zero-order valence-electron chi connectivity index (χ0n) is 22.4. The third-order valence-electron chi connectivity index (χ3n) is 7.47. The first kappa shape index (κ1) is 28.7. The van der Waals surface area contributed by atoms with Crippen molar-refractivity contribution in [3.05, 3.63) is 95.6 Å². The molecule has 1 heterocycles. The number of rotatable bonds is 9. The van der Waals surface area contributed by atoms with Crippen molar-refractivity contribution in [3.8, 4) is 11.1 Å². The molecule has 0 aromatic heterocycles. The molecule has 1 saturated heterocycles. The van der Waals surface area contributed by atoms with E-state index in [-0.39, 0.29) is 19.1 Å². The Hall–Kier alpha value is -4.80. The molecule has 2 N–H and O–H groups in total. The predicted molar refractivity (Wildman–Crippen MR) is 146 cm³/mol. The highest BCUT2D eigenvalue weighted by Gasteiger charge is 2.54. The summed E-state index contributed by atoms with van der Waals surface area (Å²) in [6, 6.07) is 22.5. The molecule has 3 aromatic carbocycles. The number of fused-ring (bicyclic) bond motifs is 3. The summed E-state index contributed by atoms with van der Waals surface area (Å²) in [6.45, 7) is -2.12. The molecule has 218 valence electrons. The largest absolute Gasteiger partial charge is 0.481 e. The van der Waals surface area contributed by atoms with E-state index in [1.54, 1.807) is 30.3 Å². The zero-order valence-corrected chi connectivity index (χ0v) is 22.4. The molecule has 1 aliphatic heterocycles. The van der Waals surface area contributed by atoms with Gasteiger partial charge >= 0.3 is 18.0 Å². The van der Waals surface area contributed by atoms with Crippen LogP contribution in [0.3, 0.4) is 0 Å². The molecule has 0 radical (unpaired) electrons. The van der Waals surface area contributed by atoms with Crippen molar-refractivity contribution < 1.29 is 42.5 Å². The summed E-state index contributed by atoms with van der Waals surface area (Å²) in [4.78, 5) is 50.8. The van der Waals surface area contributed by atoms with Gasteiger partial charge in [0.1, 0.15) is 25.2 Å². The molecule has 5 rings (SSSR count). The number of benzene rings is 3. The molecule has 1 unspecified atom stereocenters. The fraction of sp³-hybridized carbons (Fsp3) is 0.290. The molecule has 0 spiro atoms. The molecule has 0 bridgehead atoms. The number of aliphatic carboxylic acids is 1. The van der Waals surface area contributed by atoms with Crippen molar-refractivity contribution in [3.63, 3.8) is 0 Å². The Bertz CT molecular complexity index is 1450. The summed E-state index contributed by atoms with van der Waals surface area (Å²) < 4.78 is 39.4. The molecule has 3 aromatic rings. The van der Waals surface area contributed by atoms with Crippen LogP contribution in [0.15, 0.2) is 78.9 Å². The molecule has 2 amide bonds. The van der Waals surface area contributed by atoms with E-state index in [0.29, 0.717) is 10.5 Å². The maximum Gasteiger partial charge on any atom is 0.407 e. The Morgan fingerprint density at radius 2 is 1.50 bits per heavy atom. The van der Waals surface area contributed by atoms with Crippen LogP contribution in [0.2, 0.25) is 0 Å². The second-order valence-electron chi connectivity index (χ2n) is 10.2. The number of alkyl carbamates (subject to hydrolysis) is 1.